The third-order valence-corrected chi connectivity index (χ3v) is 4.31. The van der Waals surface area contributed by atoms with Gasteiger partial charge in [0.05, 0.1) is 0 Å². The number of ether oxygens (including phenoxy) is 4. The molecule has 0 amide bonds. The summed E-state index contributed by atoms with van der Waals surface area (Å²) in [5.41, 5.74) is -0.276. The summed E-state index contributed by atoms with van der Waals surface area (Å²) in [5.74, 6) is -1.45. The Hall–Kier alpha value is -1.28. The van der Waals surface area contributed by atoms with Gasteiger partial charge in [-0.25, -0.2) is 0 Å². The number of carbonyl (C=O) groups excluding carboxylic acids is 3. The van der Waals surface area contributed by atoms with E-state index in [4.69, 9.17) is 18.9 Å². The van der Waals surface area contributed by atoms with E-state index in [1.165, 1.54) is 20.8 Å². The predicted octanol–water partition coefficient (Wildman–Crippen LogP) is 2.06. The normalized spacial score (nSPS) is 27.2. The standard InChI is InChI=1S/C16H26O7S/c1-9(17)20-8-13-15(22-11(3)19)12(21-10(2)18)7-14(23-13)24-16(4,5)6/h12-15H,7-8H2,1-6H3/t12-,13+,14+,15-/m0/s1. The third kappa shape index (κ3) is 7.53. The SMILES string of the molecule is CC(=O)OC[C@H]1O[C@H](SC(C)(C)C)C[C@H](OC(C)=O)[C@@H]1OC(C)=O. The lowest BCUT2D eigenvalue weighted by Gasteiger charge is -2.41. The first-order valence-corrected chi connectivity index (χ1v) is 8.67. The molecule has 1 saturated heterocycles. The minimum Gasteiger partial charge on any atom is -0.463 e. The van der Waals surface area contributed by atoms with Crippen LogP contribution in [-0.2, 0) is 33.3 Å². The van der Waals surface area contributed by atoms with Crippen LogP contribution in [0.2, 0.25) is 0 Å². The van der Waals surface area contributed by atoms with Gasteiger partial charge in [0.25, 0.3) is 0 Å². The molecule has 7 nitrogen and oxygen atoms in total. The number of hydrogen-bond donors (Lipinski definition) is 0. The highest BCUT2D eigenvalue weighted by atomic mass is 32.2. The lowest BCUT2D eigenvalue weighted by Crippen LogP contribution is -2.53. The molecule has 0 spiro atoms. The zero-order valence-electron chi connectivity index (χ0n) is 15.0. The number of carbonyl (C=O) groups is 3. The van der Waals surface area contributed by atoms with Crippen LogP contribution in [0, 0.1) is 0 Å². The smallest absolute Gasteiger partial charge is 0.303 e. The Morgan fingerprint density at radius 2 is 1.62 bits per heavy atom. The van der Waals surface area contributed by atoms with Gasteiger partial charge >= 0.3 is 17.9 Å². The lowest BCUT2D eigenvalue weighted by atomic mass is 10.0. The van der Waals surface area contributed by atoms with Crippen molar-refractivity contribution < 1.29 is 33.3 Å². The molecule has 0 bridgehead atoms. The quantitative estimate of drug-likeness (QED) is 0.542. The summed E-state index contributed by atoms with van der Waals surface area (Å²) >= 11 is 1.57. The Kier molecular flexibility index (Phi) is 7.54. The molecular formula is C16H26O7S. The second kappa shape index (κ2) is 8.71. The van der Waals surface area contributed by atoms with Crippen molar-refractivity contribution in [3.63, 3.8) is 0 Å². The summed E-state index contributed by atoms with van der Waals surface area (Å²) in [6.07, 6.45) is -1.78. The molecule has 0 aliphatic carbocycles. The first-order valence-electron chi connectivity index (χ1n) is 7.79. The first-order chi connectivity index (χ1) is 11.0. The van der Waals surface area contributed by atoms with Crippen LogP contribution in [0.3, 0.4) is 0 Å². The van der Waals surface area contributed by atoms with Crippen molar-refractivity contribution in [2.45, 2.75) is 76.5 Å². The largest absolute Gasteiger partial charge is 0.463 e. The summed E-state index contributed by atoms with van der Waals surface area (Å²) in [5, 5.41) is 0. The van der Waals surface area contributed by atoms with Crippen LogP contribution in [0.1, 0.15) is 48.0 Å². The van der Waals surface area contributed by atoms with Crippen LogP contribution in [0.4, 0.5) is 0 Å². The van der Waals surface area contributed by atoms with Crippen molar-refractivity contribution >= 4 is 29.7 Å². The molecule has 0 aromatic carbocycles. The Bertz CT molecular complexity index is 472. The van der Waals surface area contributed by atoms with E-state index in [1.807, 2.05) is 20.8 Å². The van der Waals surface area contributed by atoms with Crippen molar-refractivity contribution in [1.29, 1.82) is 0 Å². The average Bonchev–Trinajstić information content (AvgIpc) is 2.36. The number of thioether (sulfide) groups is 1. The Balaban J connectivity index is 2.97. The fraction of sp³-hybridized carbons (Fsp3) is 0.812. The van der Waals surface area contributed by atoms with Crippen LogP contribution in [0.5, 0.6) is 0 Å². The van der Waals surface area contributed by atoms with E-state index < -0.39 is 36.2 Å². The highest BCUT2D eigenvalue weighted by Gasteiger charge is 2.44. The summed E-state index contributed by atoms with van der Waals surface area (Å²) < 4.78 is 21.5. The molecule has 0 N–H and O–H groups in total. The molecule has 138 valence electrons. The van der Waals surface area contributed by atoms with E-state index in [9.17, 15) is 14.4 Å². The van der Waals surface area contributed by atoms with E-state index in [0.29, 0.717) is 6.42 Å². The van der Waals surface area contributed by atoms with Crippen molar-refractivity contribution in [1.82, 2.24) is 0 Å². The van der Waals surface area contributed by atoms with Gasteiger partial charge in [0, 0.05) is 31.9 Å². The Labute approximate surface area is 146 Å². The Morgan fingerprint density at radius 3 is 2.08 bits per heavy atom. The van der Waals surface area contributed by atoms with Crippen LogP contribution < -0.4 is 0 Å². The highest BCUT2D eigenvalue weighted by Crippen LogP contribution is 2.37. The molecule has 1 aliphatic rings. The zero-order valence-corrected chi connectivity index (χ0v) is 15.8. The monoisotopic (exact) mass is 362 g/mol. The van der Waals surface area contributed by atoms with Crippen molar-refractivity contribution in [3.05, 3.63) is 0 Å². The number of hydrogen-bond acceptors (Lipinski definition) is 8. The van der Waals surface area contributed by atoms with Crippen molar-refractivity contribution in [2.24, 2.45) is 0 Å². The van der Waals surface area contributed by atoms with Crippen LogP contribution >= 0.6 is 11.8 Å². The molecule has 0 aromatic rings. The molecule has 0 unspecified atom stereocenters. The molecule has 1 heterocycles. The lowest BCUT2D eigenvalue weighted by molar-refractivity contribution is -0.204. The van der Waals surface area contributed by atoms with E-state index in [-0.39, 0.29) is 16.8 Å². The molecule has 8 heteroatoms. The van der Waals surface area contributed by atoms with Crippen molar-refractivity contribution in [3.8, 4) is 0 Å². The van der Waals surface area contributed by atoms with Gasteiger partial charge in [-0.2, -0.15) is 0 Å². The fourth-order valence-electron chi connectivity index (χ4n) is 2.37. The number of esters is 3. The molecule has 4 atom stereocenters. The second-order valence-corrected chi connectivity index (χ2v) is 8.58. The maximum absolute atomic E-state index is 11.4. The van der Waals surface area contributed by atoms with E-state index in [1.54, 1.807) is 11.8 Å². The van der Waals surface area contributed by atoms with Crippen LogP contribution in [-0.4, -0.2) is 53.0 Å². The molecule has 1 rings (SSSR count). The average molecular weight is 362 g/mol. The molecule has 0 aromatic heterocycles. The molecule has 0 radical (unpaired) electrons. The molecule has 24 heavy (non-hydrogen) atoms. The minimum atomic E-state index is -0.817. The summed E-state index contributed by atoms with van der Waals surface area (Å²) in [6, 6.07) is 0. The van der Waals surface area contributed by atoms with Gasteiger partial charge in [-0.05, 0) is 0 Å². The molecule has 1 aliphatic heterocycles. The maximum atomic E-state index is 11.4. The topological polar surface area (TPSA) is 88.1 Å². The van der Waals surface area contributed by atoms with Crippen LogP contribution in [0.25, 0.3) is 0 Å². The maximum Gasteiger partial charge on any atom is 0.303 e. The third-order valence-electron chi connectivity index (χ3n) is 3.04. The minimum absolute atomic E-state index is 0.0771. The molecule has 0 saturated carbocycles. The summed E-state index contributed by atoms with van der Waals surface area (Å²) in [4.78, 5) is 33.9. The van der Waals surface area contributed by atoms with Gasteiger partial charge in [-0.15, -0.1) is 11.8 Å². The van der Waals surface area contributed by atoms with Gasteiger partial charge in [-0.1, -0.05) is 20.8 Å². The summed E-state index contributed by atoms with van der Waals surface area (Å²) in [6.45, 7) is 9.90. The van der Waals surface area contributed by atoms with Gasteiger partial charge in [-0.3, -0.25) is 14.4 Å². The second-order valence-electron chi connectivity index (χ2n) is 6.59. The first kappa shape index (κ1) is 20.8. The van der Waals surface area contributed by atoms with Gasteiger partial charge in [0.1, 0.15) is 24.3 Å². The molecule has 1 fully saturated rings. The number of rotatable bonds is 5. The van der Waals surface area contributed by atoms with Crippen LogP contribution in [0.15, 0.2) is 0 Å². The highest BCUT2D eigenvalue weighted by molar-refractivity contribution is 8.01. The molecular weight excluding hydrogens is 336 g/mol. The fourth-order valence-corrected chi connectivity index (χ4v) is 3.64. The van der Waals surface area contributed by atoms with Gasteiger partial charge in [0.15, 0.2) is 6.10 Å². The summed E-state index contributed by atoms with van der Waals surface area (Å²) in [7, 11) is 0. The predicted molar refractivity (Wildman–Crippen MR) is 88.4 cm³/mol. The van der Waals surface area contributed by atoms with E-state index in [2.05, 4.69) is 0 Å². The van der Waals surface area contributed by atoms with Gasteiger partial charge < -0.3 is 18.9 Å². The van der Waals surface area contributed by atoms with E-state index in [0.717, 1.165) is 0 Å². The Morgan fingerprint density at radius 1 is 1.04 bits per heavy atom. The van der Waals surface area contributed by atoms with E-state index >= 15 is 0 Å². The van der Waals surface area contributed by atoms with Crippen molar-refractivity contribution in [2.75, 3.05) is 6.61 Å². The zero-order chi connectivity index (χ0) is 18.5. The van der Waals surface area contributed by atoms with Gasteiger partial charge in [0.2, 0.25) is 0 Å².